The number of hydrogen-bond donors (Lipinski definition) is 1. The van der Waals surface area contributed by atoms with Crippen molar-refractivity contribution >= 4 is 27.7 Å². The maximum absolute atomic E-state index is 13.9. The van der Waals surface area contributed by atoms with Crippen LogP contribution in [0.3, 0.4) is 0 Å². The number of dihydropyridines is 1. The molecule has 0 saturated heterocycles. The molecule has 0 amide bonds. The van der Waals surface area contributed by atoms with Gasteiger partial charge in [-0.1, -0.05) is 35.8 Å². The lowest BCUT2D eigenvalue weighted by Gasteiger charge is -2.37. The highest BCUT2D eigenvalue weighted by atomic mass is 79.9. The smallest absolute Gasteiger partial charge is 0.336 e. The number of benzene rings is 2. The molecule has 2 aromatic rings. The van der Waals surface area contributed by atoms with E-state index in [1.165, 1.54) is 0 Å². The lowest BCUT2D eigenvalue weighted by Crippen LogP contribution is -2.36. The quantitative estimate of drug-likeness (QED) is 0.379. The predicted octanol–water partition coefficient (Wildman–Crippen LogP) is 6.04. The minimum atomic E-state index is -0.614. The number of carbonyl (C=O) groups is 2. The van der Waals surface area contributed by atoms with Gasteiger partial charge in [-0.15, -0.1) is 0 Å². The van der Waals surface area contributed by atoms with Crippen molar-refractivity contribution in [3.8, 4) is 17.2 Å². The zero-order chi connectivity index (χ0) is 27.6. The van der Waals surface area contributed by atoms with Crippen LogP contribution >= 0.6 is 15.9 Å². The van der Waals surface area contributed by atoms with Crippen molar-refractivity contribution in [2.75, 3.05) is 27.9 Å². The van der Waals surface area contributed by atoms with E-state index in [9.17, 15) is 9.59 Å². The number of methoxy groups -OCH3 is 3. The molecular weight excluding hydrogens is 550 g/mol. The van der Waals surface area contributed by atoms with Gasteiger partial charge >= 0.3 is 5.97 Å². The Morgan fingerprint density at radius 3 is 2.34 bits per heavy atom. The molecule has 38 heavy (non-hydrogen) atoms. The second kappa shape index (κ2) is 11.6. The van der Waals surface area contributed by atoms with E-state index < -0.39 is 11.9 Å². The van der Waals surface area contributed by atoms with Gasteiger partial charge in [0.25, 0.3) is 0 Å². The molecule has 2 aliphatic rings. The maximum atomic E-state index is 13.9. The van der Waals surface area contributed by atoms with Crippen LogP contribution in [0.1, 0.15) is 56.6 Å². The summed E-state index contributed by atoms with van der Waals surface area (Å²) in [5.41, 5.74) is 4.23. The van der Waals surface area contributed by atoms with E-state index >= 15 is 0 Å². The molecule has 8 heteroatoms. The van der Waals surface area contributed by atoms with Crippen molar-refractivity contribution in [3.05, 3.63) is 74.5 Å². The number of halogens is 1. The first kappa shape index (κ1) is 27.8. The summed E-state index contributed by atoms with van der Waals surface area (Å²) in [6.07, 6.45) is 0.908. The van der Waals surface area contributed by atoms with Crippen molar-refractivity contribution in [1.29, 1.82) is 0 Å². The number of nitrogens with one attached hydrogen (secondary N) is 1. The van der Waals surface area contributed by atoms with E-state index in [0.29, 0.717) is 53.5 Å². The molecule has 0 spiro atoms. The molecule has 2 atom stereocenters. The summed E-state index contributed by atoms with van der Waals surface area (Å²) >= 11 is 3.56. The van der Waals surface area contributed by atoms with Crippen LogP contribution in [0.5, 0.6) is 17.2 Å². The normalized spacial score (nSPS) is 19.2. The van der Waals surface area contributed by atoms with Gasteiger partial charge in [-0.05, 0) is 61.1 Å². The standard InChI is InChI=1S/C30H34BrNO6/c1-16(2)15-38-30(34)27-17(3)32-22-11-19(18-7-9-25(36-5)26(13-18)37-6)12-23(33)29(22)28(27)21-14-20(31)8-10-24(21)35-4/h7-10,13-14,16,19,28,32H,11-12,15H2,1-6H3/t19-,28+/m0/s1. The molecule has 0 aromatic heterocycles. The first-order valence-corrected chi connectivity index (χ1v) is 13.4. The number of allylic oxidation sites excluding steroid dienone is 3. The minimum Gasteiger partial charge on any atom is -0.496 e. The summed E-state index contributed by atoms with van der Waals surface area (Å²) in [6.45, 7) is 6.13. The van der Waals surface area contributed by atoms with Gasteiger partial charge in [-0.25, -0.2) is 4.79 Å². The molecule has 4 rings (SSSR count). The van der Waals surface area contributed by atoms with Crippen LogP contribution < -0.4 is 19.5 Å². The fourth-order valence-electron chi connectivity index (χ4n) is 5.21. The summed E-state index contributed by atoms with van der Waals surface area (Å²) < 4.78 is 23.1. The number of hydrogen-bond acceptors (Lipinski definition) is 7. The van der Waals surface area contributed by atoms with E-state index in [1.807, 2.05) is 57.2 Å². The van der Waals surface area contributed by atoms with Crippen molar-refractivity contribution in [2.24, 2.45) is 5.92 Å². The summed E-state index contributed by atoms with van der Waals surface area (Å²) in [7, 11) is 4.78. The summed E-state index contributed by atoms with van der Waals surface area (Å²) in [5.74, 6) is 0.922. The van der Waals surface area contributed by atoms with Gasteiger partial charge in [0.2, 0.25) is 0 Å². The van der Waals surface area contributed by atoms with Gasteiger partial charge in [0.05, 0.1) is 39.4 Å². The number of carbonyl (C=O) groups excluding carboxylic acids is 2. The molecule has 1 heterocycles. The van der Waals surface area contributed by atoms with E-state index in [1.54, 1.807) is 21.3 Å². The van der Waals surface area contributed by atoms with E-state index in [-0.39, 0.29) is 17.6 Å². The number of ketones is 1. The molecule has 0 saturated carbocycles. The molecular formula is C30H34BrNO6. The average Bonchev–Trinajstić information content (AvgIpc) is 2.90. The van der Waals surface area contributed by atoms with Crippen LogP contribution in [0.25, 0.3) is 0 Å². The lowest BCUT2D eigenvalue weighted by atomic mass is 9.71. The first-order chi connectivity index (χ1) is 18.2. The number of rotatable bonds is 8. The van der Waals surface area contributed by atoms with Crippen molar-refractivity contribution in [2.45, 2.75) is 45.4 Å². The monoisotopic (exact) mass is 583 g/mol. The molecule has 0 unspecified atom stereocenters. The molecule has 2 aromatic carbocycles. The highest BCUT2D eigenvalue weighted by Gasteiger charge is 2.42. The number of Topliss-reactive ketones (excluding diaryl/α,β-unsaturated/α-hetero) is 1. The minimum absolute atomic E-state index is 0.0211. The molecule has 1 N–H and O–H groups in total. The SMILES string of the molecule is COc1ccc([C@@H]2CC(=O)C3=C(C2)NC(C)=C(C(=O)OCC(C)C)[C@H]3c2cc(Br)ccc2OC)cc1OC. The lowest BCUT2D eigenvalue weighted by molar-refractivity contribution is -0.140. The highest BCUT2D eigenvalue weighted by Crippen LogP contribution is 2.48. The third-order valence-corrected chi connectivity index (χ3v) is 7.47. The first-order valence-electron chi connectivity index (χ1n) is 12.6. The van der Waals surface area contributed by atoms with Gasteiger partial charge in [-0.2, -0.15) is 0 Å². The van der Waals surface area contributed by atoms with Gasteiger partial charge in [-0.3, -0.25) is 4.79 Å². The van der Waals surface area contributed by atoms with Gasteiger partial charge in [0.1, 0.15) is 5.75 Å². The Kier molecular flexibility index (Phi) is 8.51. The number of ether oxygens (including phenoxy) is 4. The zero-order valence-corrected chi connectivity index (χ0v) is 24.2. The van der Waals surface area contributed by atoms with Crippen LogP contribution in [-0.2, 0) is 14.3 Å². The summed E-state index contributed by atoms with van der Waals surface area (Å²) in [5, 5.41) is 3.40. The van der Waals surface area contributed by atoms with Crippen LogP contribution in [0.2, 0.25) is 0 Å². The molecule has 0 bridgehead atoms. The fourth-order valence-corrected chi connectivity index (χ4v) is 5.59. The van der Waals surface area contributed by atoms with Gasteiger partial charge < -0.3 is 24.3 Å². The second-order valence-corrected chi connectivity index (χ2v) is 10.9. The highest BCUT2D eigenvalue weighted by molar-refractivity contribution is 9.10. The molecule has 1 aliphatic carbocycles. The van der Waals surface area contributed by atoms with E-state index in [4.69, 9.17) is 18.9 Å². The number of esters is 1. The topological polar surface area (TPSA) is 83.1 Å². The molecule has 202 valence electrons. The Bertz CT molecular complexity index is 1310. The Balaban J connectivity index is 1.81. The van der Waals surface area contributed by atoms with Crippen molar-refractivity contribution in [1.82, 2.24) is 5.32 Å². The van der Waals surface area contributed by atoms with Crippen LogP contribution in [0, 0.1) is 5.92 Å². The average molecular weight is 585 g/mol. The summed E-state index contributed by atoms with van der Waals surface area (Å²) in [4.78, 5) is 27.4. The Morgan fingerprint density at radius 2 is 1.68 bits per heavy atom. The maximum Gasteiger partial charge on any atom is 0.336 e. The van der Waals surface area contributed by atoms with Crippen molar-refractivity contribution < 1.29 is 28.5 Å². The van der Waals surface area contributed by atoms with Crippen LogP contribution in [-0.4, -0.2) is 39.7 Å². The summed E-state index contributed by atoms with van der Waals surface area (Å²) in [6, 6.07) is 11.4. The molecule has 1 aliphatic heterocycles. The Hall–Kier alpha value is -3.26. The van der Waals surface area contributed by atoms with Crippen molar-refractivity contribution in [3.63, 3.8) is 0 Å². The van der Waals surface area contributed by atoms with Crippen LogP contribution in [0.4, 0.5) is 0 Å². The third kappa shape index (κ3) is 5.46. The van der Waals surface area contributed by atoms with E-state index in [2.05, 4.69) is 21.2 Å². The van der Waals surface area contributed by atoms with Gasteiger partial charge in [0, 0.05) is 33.4 Å². The molecule has 0 fully saturated rings. The largest absolute Gasteiger partial charge is 0.496 e. The zero-order valence-electron chi connectivity index (χ0n) is 22.6. The van der Waals surface area contributed by atoms with Gasteiger partial charge in [0.15, 0.2) is 17.3 Å². The predicted molar refractivity (Wildman–Crippen MR) is 149 cm³/mol. The Labute approximate surface area is 232 Å². The Morgan fingerprint density at radius 1 is 1.00 bits per heavy atom. The molecule has 0 radical (unpaired) electrons. The second-order valence-electron chi connectivity index (χ2n) is 10.0. The third-order valence-electron chi connectivity index (χ3n) is 6.98. The van der Waals surface area contributed by atoms with Crippen LogP contribution in [0.15, 0.2) is 63.4 Å². The fraction of sp³-hybridized carbons (Fsp3) is 0.400. The molecule has 7 nitrogen and oxygen atoms in total. The van der Waals surface area contributed by atoms with E-state index in [0.717, 1.165) is 21.3 Å².